The van der Waals surface area contributed by atoms with E-state index in [0.29, 0.717) is 12.5 Å². The molecule has 0 atom stereocenters. The van der Waals surface area contributed by atoms with Gasteiger partial charge in [-0.2, -0.15) is 0 Å². The second kappa shape index (κ2) is 8.16. The maximum Gasteiger partial charge on any atom is 0.317 e. The largest absolute Gasteiger partial charge is 0.396 e. The van der Waals surface area contributed by atoms with Gasteiger partial charge in [0, 0.05) is 44.3 Å². The molecule has 3 rings (SSSR count). The van der Waals surface area contributed by atoms with Crippen molar-refractivity contribution in [3.05, 3.63) is 48.5 Å². The molecule has 2 N–H and O–H groups in total. The van der Waals surface area contributed by atoms with Crippen LogP contribution in [0.2, 0.25) is 0 Å². The van der Waals surface area contributed by atoms with Gasteiger partial charge in [0.15, 0.2) is 0 Å². The molecular weight excluding hydrogens is 316 g/mol. The van der Waals surface area contributed by atoms with Gasteiger partial charge in [-0.3, -0.25) is 0 Å². The zero-order valence-corrected chi connectivity index (χ0v) is 14.6. The highest BCUT2D eigenvalue weighted by Gasteiger charge is 2.25. The van der Waals surface area contributed by atoms with Crippen LogP contribution < -0.4 is 5.32 Å². The molecule has 2 amide bonds. The zero-order chi connectivity index (χ0) is 17.6. The smallest absolute Gasteiger partial charge is 0.317 e. The Hall–Kier alpha value is -2.34. The van der Waals surface area contributed by atoms with E-state index >= 15 is 0 Å². The molecule has 0 unspecified atom stereocenters. The van der Waals surface area contributed by atoms with Crippen LogP contribution in [0.15, 0.2) is 43.0 Å². The number of imidazole rings is 1. The van der Waals surface area contributed by atoms with Crippen LogP contribution in [-0.2, 0) is 6.54 Å². The standard InChI is InChI=1S/C19H26N4O2/c1-22(17-6-4-16(13-24)5-7-17)19(25)21-12-15-2-8-18(9-3-15)23-11-10-20-14-23/h2-3,8-11,14,16-17,24H,4-7,12-13H2,1H3,(H,21,25). The number of rotatable bonds is 5. The number of benzene rings is 1. The topological polar surface area (TPSA) is 70.4 Å². The lowest BCUT2D eigenvalue weighted by Gasteiger charge is -2.34. The van der Waals surface area contributed by atoms with Crippen LogP contribution >= 0.6 is 0 Å². The lowest BCUT2D eigenvalue weighted by molar-refractivity contribution is 0.134. The lowest BCUT2D eigenvalue weighted by atomic mass is 9.86. The van der Waals surface area contributed by atoms with E-state index in [1.54, 1.807) is 12.5 Å². The molecule has 1 heterocycles. The molecule has 134 valence electrons. The van der Waals surface area contributed by atoms with Crippen molar-refractivity contribution < 1.29 is 9.90 Å². The van der Waals surface area contributed by atoms with Crippen LogP contribution in [0, 0.1) is 5.92 Å². The number of urea groups is 1. The molecule has 6 nitrogen and oxygen atoms in total. The van der Waals surface area contributed by atoms with Gasteiger partial charge >= 0.3 is 6.03 Å². The molecule has 1 aliphatic rings. The quantitative estimate of drug-likeness (QED) is 0.877. The van der Waals surface area contributed by atoms with Crippen molar-refractivity contribution >= 4 is 6.03 Å². The summed E-state index contributed by atoms with van der Waals surface area (Å²) in [5.74, 6) is 0.404. The summed E-state index contributed by atoms with van der Waals surface area (Å²) in [5, 5.41) is 12.2. The Bertz CT molecular complexity index is 661. The first-order valence-electron chi connectivity index (χ1n) is 8.86. The molecule has 0 aliphatic heterocycles. The molecule has 2 aromatic rings. The molecule has 1 saturated carbocycles. The molecule has 0 saturated heterocycles. The van der Waals surface area contributed by atoms with E-state index < -0.39 is 0 Å². The minimum atomic E-state index is -0.0360. The number of aliphatic hydroxyl groups excluding tert-OH is 1. The third-order valence-corrected chi connectivity index (χ3v) is 5.13. The molecule has 0 radical (unpaired) electrons. The van der Waals surface area contributed by atoms with Gasteiger partial charge in [-0.15, -0.1) is 0 Å². The Morgan fingerprint density at radius 3 is 2.60 bits per heavy atom. The minimum Gasteiger partial charge on any atom is -0.396 e. The second-order valence-electron chi connectivity index (χ2n) is 6.76. The van der Waals surface area contributed by atoms with E-state index in [-0.39, 0.29) is 18.7 Å². The fourth-order valence-electron chi connectivity index (χ4n) is 3.38. The summed E-state index contributed by atoms with van der Waals surface area (Å²) in [5.41, 5.74) is 2.11. The van der Waals surface area contributed by atoms with Gasteiger partial charge in [-0.1, -0.05) is 12.1 Å². The highest BCUT2D eigenvalue weighted by molar-refractivity contribution is 5.74. The predicted molar refractivity (Wildman–Crippen MR) is 96.4 cm³/mol. The predicted octanol–water partition coefficient (Wildman–Crippen LogP) is 2.56. The zero-order valence-electron chi connectivity index (χ0n) is 14.6. The van der Waals surface area contributed by atoms with Gasteiger partial charge in [0.05, 0.1) is 6.33 Å². The van der Waals surface area contributed by atoms with Gasteiger partial charge in [-0.25, -0.2) is 9.78 Å². The molecule has 1 aliphatic carbocycles. The average Bonchev–Trinajstić information content (AvgIpc) is 3.21. The number of aliphatic hydroxyl groups is 1. The molecule has 1 aromatic heterocycles. The number of carbonyl (C=O) groups is 1. The minimum absolute atomic E-state index is 0.0360. The first-order valence-corrected chi connectivity index (χ1v) is 8.86. The highest BCUT2D eigenvalue weighted by atomic mass is 16.3. The Balaban J connectivity index is 1.48. The summed E-state index contributed by atoms with van der Waals surface area (Å²) in [4.78, 5) is 18.2. The lowest BCUT2D eigenvalue weighted by Crippen LogP contribution is -2.45. The normalized spacial score (nSPS) is 20.2. The summed E-state index contributed by atoms with van der Waals surface area (Å²) >= 11 is 0. The number of nitrogens with one attached hydrogen (secondary N) is 1. The molecule has 6 heteroatoms. The number of nitrogens with zero attached hydrogens (tertiary/aromatic N) is 3. The van der Waals surface area contributed by atoms with Gasteiger partial charge in [0.1, 0.15) is 0 Å². The Kier molecular flexibility index (Phi) is 5.71. The van der Waals surface area contributed by atoms with E-state index in [0.717, 1.165) is 36.9 Å². The van der Waals surface area contributed by atoms with Crippen molar-refractivity contribution in [2.45, 2.75) is 38.3 Å². The number of hydrogen-bond donors (Lipinski definition) is 2. The molecule has 25 heavy (non-hydrogen) atoms. The van der Waals surface area contributed by atoms with E-state index in [4.69, 9.17) is 0 Å². The fraction of sp³-hybridized carbons (Fsp3) is 0.474. The van der Waals surface area contributed by atoms with Gasteiger partial charge in [-0.05, 0) is 49.3 Å². The maximum atomic E-state index is 12.4. The van der Waals surface area contributed by atoms with E-state index in [9.17, 15) is 9.90 Å². The fourth-order valence-corrected chi connectivity index (χ4v) is 3.38. The van der Waals surface area contributed by atoms with Gasteiger partial charge < -0.3 is 19.9 Å². The number of aromatic nitrogens is 2. The third kappa shape index (κ3) is 4.39. The SMILES string of the molecule is CN(C(=O)NCc1ccc(-n2ccnc2)cc1)C1CCC(CO)CC1. The van der Waals surface area contributed by atoms with Crippen LogP contribution in [-0.4, -0.2) is 45.3 Å². The van der Waals surface area contributed by atoms with Crippen molar-refractivity contribution in [2.75, 3.05) is 13.7 Å². The van der Waals surface area contributed by atoms with Crippen molar-refractivity contribution in [3.63, 3.8) is 0 Å². The van der Waals surface area contributed by atoms with Crippen LogP contribution in [0.3, 0.4) is 0 Å². The Morgan fingerprint density at radius 2 is 2.00 bits per heavy atom. The molecule has 0 spiro atoms. The molecular formula is C19H26N4O2. The van der Waals surface area contributed by atoms with Crippen molar-refractivity contribution in [1.29, 1.82) is 0 Å². The Labute approximate surface area is 148 Å². The monoisotopic (exact) mass is 342 g/mol. The summed E-state index contributed by atoms with van der Waals surface area (Å²) in [6.45, 7) is 0.775. The van der Waals surface area contributed by atoms with Crippen LogP contribution in [0.25, 0.3) is 5.69 Å². The molecule has 0 bridgehead atoms. The summed E-state index contributed by atoms with van der Waals surface area (Å²) in [7, 11) is 1.86. The van der Waals surface area contributed by atoms with E-state index in [1.165, 1.54) is 0 Å². The van der Waals surface area contributed by atoms with Gasteiger partial charge in [0.2, 0.25) is 0 Å². The number of amides is 2. The average molecular weight is 342 g/mol. The van der Waals surface area contributed by atoms with Crippen LogP contribution in [0.1, 0.15) is 31.2 Å². The summed E-state index contributed by atoms with van der Waals surface area (Å²) in [6.07, 6.45) is 9.33. The highest BCUT2D eigenvalue weighted by Crippen LogP contribution is 2.26. The van der Waals surface area contributed by atoms with E-state index in [1.807, 2.05) is 47.0 Å². The van der Waals surface area contributed by atoms with Crippen molar-refractivity contribution in [3.8, 4) is 5.69 Å². The van der Waals surface area contributed by atoms with Crippen LogP contribution in [0.5, 0.6) is 0 Å². The third-order valence-electron chi connectivity index (χ3n) is 5.13. The van der Waals surface area contributed by atoms with Crippen molar-refractivity contribution in [1.82, 2.24) is 19.8 Å². The number of hydrogen-bond acceptors (Lipinski definition) is 3. The summed E-state index contributed by atoms with van der Waals surface area (Å²) in [6, 6.07) is 8.30. The first-order chi connectivity index (χ1) is 12.2. The Morgan fingerprint density at radius 1 is 1.28 bits per heavy atom. The number of carbonyl (C=O) groups excluding carboxylic acids is 1. The maximum absolute atomic E-state index is 12.4. The molecule has 1 aromatic carbocycles. The second-order valence-corrected chi connectivity index (χ2v) is 6.76. The molecule has 1 fully saturated rings. The summed E-state index contributed by atoms with van der Waals surface area (Å²) < 4.78 is 1.94. The van der Waals surface area contributed by atoms with Crippen molar-refractivity contribution in [2.24, 2.45) is 5.92 Å². The van der Waals surface area contributed by atoms with E-state index in [2.05, 4.69) is 10.3 Å². The van der Waals surface area contributed by atoms with Gasteiger partial charge in [0.25, 0.3) is 0 Å². The first kappa shape index (κ1) is 17.5. The van der Waals surface area contributed by atoms with Crippen LogP contribution in [0.4, 0.5) is 4.79 Å².